The monoisotopic (exact) mass is 246 g/mol. The molecular formula is C15H22N2O. The van der Waals surface area contributed by atoms with Crippen molar-refractivity contribution in [1.29, 1.82) is 0 Å². The minimum atomic E-state index is -0.0194. The summed E-state index contributed by atoms with van der Waals surface area (Å²) in [5, 5.41) is 5.95. The third-order valence-electron chi connectivity index (χ3n) is 3.51. The molecule has 98 valence electrons. The summed E-state index contributed by atoms with van der Waals surface area (Å²) in [5.74, 6) is 0. The summed E-state index contributed by atoms with van der Waals surface area (Å²) in [6.07, 6.45) is 5.64. The van der Waals surface area contributed by atoms with Gasteiger partial charge in [0.15, 0.2) is 0 Å². The van der Waals surface area contributed by atoms with E-state index in [-0.39, 0.29) is 6.03 Å². The minimum Gasteiger partial charge on any atom is -0.338 e. The molecule has 2 rings (SSSR count). The highest BCUT2D eigenvalue weighted by Gasteiger charge is 2.16. The molecule has 0 heterocycles. The van der Waals surface area contributed by atoms with Crippen molar-refractivity contribution in [2.24, 2.45) is 0 Å². The number of nitrogens with one attached hydrogen (secondary N) is 2. The van der Waals surface area contributed by atoms with Crippen LogP contribution in [0.25, 0.3) is 0 Å². The fourth-order valence-electron chi connectivity index (χ4n) is 2.38. The highest BCUT2D eigenvalue weighted by atomic mass is 16.2. The van der Waals surface area contributed by atoms with Gasteiger partial charge >= 0.3 is 6.03 Å². The van der Waals surface area contributed by atoms with Crippen LogP contribution < -0.4 is 10.6 Å². The van der Waals surface area contributed by atoms with Gasteiger partial charge in [-0.1, -0.05) is 42.7 Å². The molecule has 1 aliphatic rings. The van der Waals surface area contributed by atoms with Gasteiger partial charge in [-0.2, -0.15) is 0 Å². The van der Waals surface area contributed by atoms with Crippen LogP contribution in [-0.2, 0) is 6.42 Å². The van der Waals surface area contributed by atoms with Gasteiger partial charge < -0.3 is 10.6 Å². The second-order valence-electron chi connectivity index (χ2n) is 5.12. The third kappa shape index (κ3) is 4.06. The molecule has 2 amide bonds. The highest BCUT2D eigenvalue weighted by Crippen LogP contribution is 2.17. The van der Waals surface area contributed by atoms with E-state index in [0.717, 1.165) is 19.3 Å². The van der Waals surface area contributed by atoms with E-state index in [2.05, 4.69) is 41.8 Å². The summed E-state index contributed by atoms with van der Waals surface area (Å²) in [5.41, 5.74) is 2.53. The Bertz CT molecular complexity index is 380. The van der Waals surface area contributed by atoms with E-state index in [4.69, 9.17) is 0 Å². The second-order valence-corrected chi connectivity index (χ2v) is 5.12. The van der Waals surface area contributed by atoms with Gasteiger partial charge in [-0.25, -0.2) is 4.79 Å². The Morgan fingerprint density at radius 1 is 1.22 bits per heavy atom. The summed E-state index contributed by atoms with van der Waals surface area (Å²) in [6, 6.07) is 8.82. The Morgan fingerprint density at radius 3 is 2.56 bits per heavy atom. The topological polar surface area (TPSA) is 41.1 Å². The van der Waals surface area contributed by atoms with Crippen molar-refractivity contribution in [1.82, 2.24) is 10.6 Å². The maximum Gasteiger partial charge on any atom is 0.315 e. The maximum atomic E-state index is 11.6. The largest absolute Gasteiger partial charge is 0.338 e. The third-order valence-corrected chi connectivity index (χ3v) is 3.51. The van der Waals surface area contributed by atoms with Gasteiger partial charge in [0.05, 0.1) is 0 Å². The fourth-order valence-corrected chi connectivity index (χ4v) is 2.38. The van der Waals surface area contributed by atoms with E-state index in [1.807, 2.05) is 0 Å². The molecule has 0 saturated heterocycles. The molecule has 0 aliphatic heterocycles. The van der Waals surface area contributed by atoms with E-state index in [9.17, 15) is 4.79 Å². The average molecular weight is 246 g/mol. The standard InChI is InChI=1S/C15H22N2O/c1-12-6-8-13(9-7-12)10-11-16-15(18)17-14-4-2-3-5-14/h6-9,14H,2-5,10-11H2,1H3,(H2,16,17,18). The number of carbonyl (C=O) groups is 1. The number of benzene rings is 1. The molecule has 0 unspecified atom stereocenters. The first-order valence-electron chi connectivity index (χ1n) is 6.84. The van der Waals surface area contributed by atoms with Gasteiger partial charge in [-0.3, -0.25) is 0 Å². The van der Waals surface area contributed by atoms with Crippen LogP contribution in [0.4, 0.5) is 4.79 Å². The highest BCUT2D eigenvalue weighted by molar-refractivity contribution is 5.74. The number of carbonyl (C=O) groups excluding carboxylic acids is 1. The summed E-state index contributed by atoms with van der Waals surface area (Å²) in [6.45, 7) is 2.78. The van der Waals surface area contributed by atoms with Crippen molar-refractivity contribution in [3.05, 3.63) is 35.4 Å². The lowest BCUT2D eigenvalue weighted by Gasteiger charge is -2.12. The number of urea groups is 1. The zero-order valence-corrected chi connectivity index (χ0v) is 11.0. The van der Waals surface area contributed by atoms with Gasteiger partial charge in [0, 0.05) is 12.6 Å². The van der Waals surface area contributed by atoms with Crippen LogP contribution in [0.15, 0.2) is 24.3 Å². The summed E-state index contributed by atoms with van der Waals surface area (Å²) >= 11 is 0. The summed E-state index contributed by atoms with van der Waals surface area (Å²) in [7, 11) is 0. The van der Waals surface area contributed by atoms with Crippen LogP contribution in [0.3, 0.4) is 0 Å². The first-order chi connectivity index (χ1) is 8.74. The number of aryl methyl sites for hydroxylation is 1. The van der Waals surface area contributed by atoms with Crippen LogP contribution >= 0.6 is 0 Å². The van der Waals surface area contributed by atoms with Crippen LogP contribution in [0.1, 0.15) is 36.8 Å². The molecule has 1 aromatic rings. The van der Waals surface area contributed by atoms with Gasteiger partial charge in [0.2, 0.25) is 0 Å². The van der Waals surface area contributed by atoms with Gasteiger partial charge in [-0.15, -0.1) is 0 Å². The molecule has 1 saturated carbocycles. The number of hydrogen-bond acceptors (Lipinski definition) is 1. The molecular weight excluding hydrogens is 224 g/mol. The quantitative estimate of drug-likeness (QED) is 0.842. The zero-order chi connectivity index (χ0) is 12.8. The zero-order valence-electron chi connectivity index (χ0n) is 11.0. The van der Waals surface area contributed by atoms with Gasteiger partial charge in [-0.05, 0) is 31.7 Å². The Morgan fingerprint density at radius 2 is 1.89 bits per heavy atom. The Balaban J connectivity index is 1.65. The lowest BCUT2D eigenvalue weighted by molar-refractivity contribution is 0.237. The van der Waals surface area contributed by atoms with Crippen molar-refractivity contribution in [3.63, 3.8) is 0 Å². The van der Waals surface area contributed by atoms with Crippen molar-refractivity contribution >= 4 is 6.03 Å². The van der Waals surface area contributed by atoms with Crippen molar-refractivity contribution in [3.8, 4) is 0 Å². The first-order valence-corrected chi connectivity index (χ1v) is 6.84. The molecule has 1 aliphatic carbocycles. The van der Waals surface area contributed by atoms with Gasteiger partial charge in [0.25, 0.3) is 0 Å². The molecule has 18 heavy (non-hydrogen) atoms. The SMILES string of the molecule is Cc1ccc(CCNC(=O)NC2CCCC2)cc1. The molecule has 0 aromatic heterocycles. The van der Waals surface area contributed by atoms with E-state index in [1.165, 1.54) is 24.0 Å². The predicted octanol–water partition coefficient (Wildman–Crippen LogP) is 2.78. The second kappa shape index (κ2) is 6.43. The van der Waals surface area contributed by atoms with Crippen LogP contribution in [-0.4, -0.2) is 18.6 Å². The number of amides is 2. The number of rotatable bonds is 4. The molecule has 0 spiro atoms. The smallest absolute Gasteiger partial charge is 0.315 e. The van der Waals surface area contributed by atoms with E-state index >= 15 is 0 Å². The molecule has 1 aromatic carbocycles. The van der Waals surface area contributed by atoms with Crippen LogP contribution in [0, 0.1) is 6.92 Å². The average Bonchev–Trinajstić information content (AvgIpc) is 2.84. The van der Waals surface area contributed by atoms with E-state index in [1.54, 1.807) is 0 Å². The normalized spacial score (nSPS) is 15.6. The number of hydrogen-bond donors (Lipinski definition) is 2. The molecule has 1 fully saturated rings. The summed E-state index contributed by atoms with van der Waals surface area (Å²) in [4.78, 5) is 11.6. The van der Waals surface area contributed by atoms with Crippen LogP contribution in [0.5, 0.6) is 0 Å². The molecule has 0 radical (unpaired) electrons. The van der Waals surface area contributed by atoms with Crippen molar-refractivity contribution < 1.29 is 4.79 Å². The molecule has 2 N–H and O–H groups in total. The molecule has 0 bridgehead atoms. The predicted molar refractivity (Wildman–Crippen MR) is 73.7 cm³/mol. The van der Waals surface area contributed by atoms with E-state index in [0.29, 0.717) is 12.6 Å². The van der Waals surface area contributed by atoms with Crippen molar-refractivity contribution in [2.45, 2.75) is 45.1 Å². The summed E-state index contributed by atoms with van der Waals surface area (Å²) < 4.78 is 0. The van der Waals surface area contributed by atoms with E-state index < -0.39 is 0 Å². The fraction of sp³-hybridized carbons (Fsp3) is 0.533. The molecule has 0 atom stereocenters. The first kappa shape index (κ1) is 12.9. The van der Waals surface area contributed by atoms with Crippen LogP contribution in [0.2, 0.25) is 0 Å². The lowest BCUT2D eigenvalue weighted by atomic mass is 10.1. The Hall–Kier alpha value is -1.51. The lowest BCUT2D eigenvalue weighted by Crippen LogP contribution is -2.41. The minimum absolute atomic E-state index is 0.0194. The molecule has 3 heteroatoms. The Kier molecular flexibility index (Phi) is 4.62. The van der Waals surface area contributed by atoms with Gasteiger partial charge in [0.1, 0.15) is 0 Å². The Labute approximate surface area is 109 Å². The maximum absolute atomic E-state index is 11.6. The van der Waals surface area contributed by atoms with Crippen molar-refractivity contribution in [2.75, 3.05) is 6.54 Å². The molecule has 3 nitrogen and oxygen atoms in total.